The van der Waals surface area contributed by atoms with Crippen molar-refractivity contribution in [3.05, 3.63) is 24.2 Å². The zero-order valence-electron chi connectivity index (χ0n) is 15.0. The van der Waals surface area contributed by atoms with E-state index in [1.54, 1.807) is 11.0 Å². The van der Waals surface area contributed by atoms with Crippen LogP contribution >= 0.6 is 0 Å². The Kier molecular flexibility index (Phi) is 6.85. The van der Waals surface area contributed by atoms with E-state index >= 15 is 0 Å². The molecule has 6 heteroatoms. The molecule has 1 aliphatic rings. The largest absolute Gasteiger partial charge is 0.472 e. The summed E-state index contributed by atoms with van der Waals surface area (Å²) >= 11 is 0. The van der Waals surface area contributed by atoms with Gasteiger partial charge in [-0.2, -0.15) is 0 Å². The molecule has 1 aliphatic heterocycles. The summed E-state index contributed by atoms with van der Waals surface area (Å²) < 4.78 is 5.01. The molecule has 6 nitrogen and oxygen atoms in total. The molecule has 1 saturated heterocycles. The third kappa shape index (κ3) is 4.60. The van der Waals surface area contributed by atoms with Gasteiger partial charge in [-0.1, -0.05) is 13.8 Å². The zero-order chi connectivity index (χ0) is 17.5. The number of piperazine rings is 1. The van der Waals surface area contributed by atoms with Crippen LogP contribution in [0.25, 0.3) is 0 Å². The molecule has 2 rings (SSSR count). The molecule has 2 amide bonds. The molecule has 0 radical (unpaired) electrons. The molecule has 1 atom stereocenters. The third-order valence-electron chi connectivity index (χ3n) is 4.89. The number of carbonyl (C=O) groups excluding carboxylic acids is 2. The Morgan fingerprint density at radius 3 is 2.50 bits per heavy atom. The van der Waals surface area contributed by atoms with Gasteiger partial charge in [-0.3, -0.25) is 9.59 Å². The van der Waals surface area contributed by atoms with Crippen molar-refractivity contribution in [2.45, 2.75) is 39.7 Å². The molecule has 24 heavy (non-hydrogen) atoms. The molecular weight excluding hydrogens is 306 g/mol. The van der Waals surface area contributed by atoms with Crippen LogP contribution in [0, 0.1) is 0 Å². The lowest BCUT2D eigenvalue weighted by molar-refractivity contribution is -0.133. The van der Waals surface area contributed by atoms with Crippen LogP contribution < -0.4 is 0 Å². The van der Waals surface area contributed by atoms with Gasteiger partial charge in [0.2, 0.25) is 5.91 Å². The molecule has 134 valence electrons. The molecule has 0 spiro atoms. The summed E-state index contributed by atoms with van der Waals surface area (Å²) in [5, 5.41) is 0. The standard InChI is InChI=1S/C18H29N3O3/c1-4-15(3)21(18(23)16-7-13-24-14-16)8-6-17(22)20-11-9-19(5-2)10-12-20/h7,13-15H,4-6,8-12H2,1-3H3/t15-/m0/s1. The quantitative estimate of drug-likeness (QED) is 0.765. The number of furan rings is 1. The van der Waals surface area contributed by atoms with Gasteiger partial charge in [0.25, 0.3) is 5.91 Å². The Balaban J connectivity index is 1.90. The van der Waals surface area contributed by atoms with Crippen LogP contribution in [-0.4, -0.2) is 71.8 Å². The van der Waals surface area contributed by atoms with E-state index in [0.29, 0.717) is 18.5 Å². The second-order valence-electron chi connectivity index (χ2n) is 6.33. The molecule has 0 aliphatic carbocycles. The average Bonchev–Trinajstić information content (AvgIpc) is 3.15. The third-order valence-corrected chi connectivity index (χ3v) is 4.89. The molecule has 0 bridgehead atoms. The number of amides is 2. The van der Waals surface area contributed by atoms with Gasteiger partial charge in [-0.25, -0.2) is 0 Å². The van der Waals surface area contributed by atoms with E-state index in [1.807, 2.05) is 18.7 Å². The predicted molar refractivity (Wildman–Crippen MR) is 92.8 cm³/mol. The highest BCUT2D eigenvalue weighted by atomic mass is 16.3. The number of hydrogen-bond donors (Lipinski definition) is 0. The molecule has 1 fully saturated rings. The maximum Gasteiger partial charge on any atom is 0.257 e. The van der Waals surface area contributed by atoms with E-state index in [1.165, 1.54) is 12.5 Å². The summed E-state index contributed by atoms with van der Waals surface area (Å²) in [7, 11) is 0. The molecular formula is C18H29N3O3. The number of rotatable bonds is 7. The first-order valence-corrected chi connectivity index (χ1v) is 8.90. The summed E-state index contributed by atoms with van der Waals surface area (Å²) in [4.78, 5) is 31.1. The Bertz CT molecular complexity index is 522. The lowest BCUT2D eigenvalue weighted by Crippen LogP contribution is -2.49. The smallest absolute Gasteiger partial charge is 0.257 e. The maximum atomic E-state index is 12.6. The Hall–Kier alpha value is -1.82. The second-order valence-corrected chi connectivity index (χ2v) is 6.33. The molecule has 1 aromatic heterocycles. The van der Waals surface area contributed by atoms with E-state index in [4.69, 9.17) is 4.42 Å². The van der Waals surface area contributed by atoms with Gasteiger partial charge >= 0.3 is 0 Å². The first-order chi connectivity index (χ1) is 11.6. The highest BCUT2D eigenvalue weighted by molar-refractivity contribution is 5.94. The van der Waals surface area contributed by atoms with Gasteiger partial charge in [0, 0.05) is 45.2 Å². The maximum absolute atomic E-state index is 12.6. The van der Waals surface area contributed by atoms with Crippen molar-refractivity contribution < 1.29 is 14.0 Å². The van der Waals surface area contributed by atoms with Gasteiger partial charge in [0.05, 0.1) is 11.8 Å². The fourth-order valence-corrected chi connectivity index (χ4v) is 2.98. The van der Waals surface area contributed by atoms with Crippen molar-refractivity contribution in [3.8, 4) is 0 Å². The summed E-state index contributed by atoms with van der Waals surface area (Å²) in [6.07, 6.45) is 4.19. The van der Waals surface area contributed by atoms with Crippen LogP contribution in [-0.2, 0) is 4.79 Å². The number of hydrogen-bond acceptors (Lipinski definition) is 4. The fourth-order valence-electron chi connectivity index (χ4n) is 2.98. The lowest BCUT2D eigenvalue weighted by Gasteiger charge is -2.35. The van der Waals surface area contributed by atoms with E-state index in [0.717, 1.165) is 39.1 Å². The normalized spacial score (nSPS) is 16.9. The first kappa shape index (κ1) is 18.5. The Morgan fingerprint density at radius 1 is 1.25 bits per heavy atom. The molecule has 0 saturated carbocycles. The first-order valence-electron chi connectivity index (χ1n) is 8.90. The summed E-state index contributed by atoms with van der Waals surface area (Å²) in [6.45, 7) is 11.1. The Labute approximate surface area is 144 Å². The van der Waals surface area contributed by atoms with Gasteiger partial charge < -0.3 is 19.1 Å². The van der Waals surface area contributed by atoms with Crippen LogP contribution in [0.2, 0.25) is 0 Å². The van der Waals surface area contributed by atoms with Crippen LogP contribution in [0.3, 0.4) is 0 Å². The van der Waals surface area contributed by atoms with Crippen molar-refractivity contribution in [2.75, 3.05) is 39.3 Å². The minimum absolute atomic E-state index is 0.0679. The summed E-state index contributed by atoms with van der Waals surface area (Å²) in [5.74, 6) is 0.0701. The van der Waals surface area contributed by atoms with Gasteiger partial charge in [0.15, 0.2) is 0 Å². The second kappa shape index (κ2) is 8.87. The lowest BCUT2D eigenvalue weighted by atomic mass is 10.1. The Morgan fingerprint density at radius 2 is 1.96 bits per heavy atom. The van der Waals surface area contributed by atoms with Crippen LogP contribution in [0.1, 0.15) is 44.0 Å². The highest BCUT2D eigenvalue weighted by Gasteiger charge is 2.24. The molecule has 2 heterocycles. The van der Waals surface area contributed by atoms with Crippen molar-refractivity contribution in [1.29, 1.82) is 0 Å². The van der Waals surface area contributed by atoms with Crippen LogP contribution in [0.15, 0.2) is 23.0 Å². The average molecular weight is 335 g/mol. The van der Waals surface area contributed by atoms with Gasteiger partial charge in [-0.05, 0) is 26.0 Å². The van der Waals surface area contributed by atoms with Crippen molar-refractivity contribution in [2.24, 2.45) is 0 Å². The molecule has 0 aromatic carbocycles. The minimum Gasteiger partial charge on any atom is -0.472 e. The van der Waals surface area contributed by atoms with E-state index in [9.17, 15) is 9.59 Å². The zero-order valence-corrected chi connectivity index (χ0v) is 15.0. The minimum atomic E-state index is -0.0679. The summed E-state index contributed by atoms with van der Waals surface area (Å²) in [6, 6.07) is 1.76. The number of carbonyl (C=O) groups is 2. The van der Waals surface area contributed by atoms with Crippen molar-refractivity contribution >= 4 is 11.8 Å². The fraction of sp³-hybridized carbons (Fsp3) is 0.667. The van der Waals surface area contributed by atoms with E-state index in [2.05, 4.69) is 11.8 Å². The molecule has 0 unspecified atom stereocenters. The summed E-state index contributed by atoms with van der Waals surface area (Å²) in [5.41, 5.74) is 0.541. The van der Waals surface area contributed by atoms with Crippen molar-refractivity contribution in [3.63, 3.8) is 0 Å². The van der Waals surface area contributed by atoms with Gasteiger partial charge in [0.1, 0.15) is 6.26 Å². The highest BCUT2D eigenvalue weighted by Crippen LogP contribution is 2.13. The van der Waals surface area contributed by atoms with E-state index in [-0.39, 0.29) is 17.9 Å². The van der Waals surface area contributed by atoms with E-state index < -0.39 is 0 Å². The number of nitrogens with zero attached hydrogens (tertiary/aromatic N) is 3. The van der Waals surface area contributed by atoms with Crippen LogP contribution in [0.5, 0.6) is 0 Å². The SMILES string of the molecule is CC[C@H](C)N(CCC(=O)N1CCN(CC)CC1)C(=O)c1ccoc1. The van der Waals surface area contributed by atoms with Gasteiger partial charge in [-0.15, -0.1) is 0 Å². The molecule has 1 aromatic rings. The topological polar surface area (TPSA) is 57.0 Å². The predicted octanol–water partition coefficient (Wildman–Crippen LogP) is 2.07. The monoisotopic (exact) mass is 335 g/mol. The molecule has 0 N–H and O–H groups in total. The van der Waals surface area contributed by atoms with Crippen molar-refractivity contribution in [1.82, 2.24) is 14.7 Å². The number of likely N-dealkylation sites (N-methyl/N-ethyl adjacent to an activating group) is 1. The van der Waals surface area contributed by atoms with Crippen LogP contribution in [0.4, 0.5) is 0 Å².